The Bertz CT molecular complexity index is 792. The molecule has 0 atom stereocenters. The fourth-order valence-electron chi connectivity index (χ4n) is 4.37. The summed E-state index contributed by atoms with van der Waals surface area (Å²) in [6, 6.07) is 7.38. The number of benzene rings is 1. The van der Waals surface area contributed by atoms with Crippen molar-refractivity contribution in [3.8, 4) is 5.75 Å². The summed E-state index contributed by atoms with van der Waals surface area (Å²) in [5.41, 5.74) is 0.121. The molecule has 2 fully saturated rings. The van der Waals surface area contributed by atoms with Crippen molar-refractivity contribution in [1.82, 2.24) is 4.90 Å². The maximum absolute atomic E-state index is 13.1. The zero-order valence-electron chi connectivity index (χ0n) is 16.7. The lowest BCUT2D eigenvalue weighted by Gasteiger charge is -2.33. The SMILES string of the molecule is CCC1=NC2(CCC(C(=O)Nc3cccc(OC)c3)CC2)C(=O)N1CC1CC1. The highest BCUT2D eigenvalue weighted by molar-refractivity contribution is 6.08. The standard InChI is InChI=1S/C22H29N3O3/c1-3-19-24-22(21(27)25(19)14-15-7-8-15)11-9-16(10-12-22)20(26)23-17-5-4-6-18(13-17)28-2/h4-6,13,15-16H,3,7-12,14H2,1-2H3,(H,23,26). The quantitative estimate of drug-likeness (QED) is 0.815. The van der Waals surface area contributed by atoms with Crippen molar-refractivity contribution < 1.29 is 14.3 Å². The first kappa shape index (κ1) is 19.0. The van der Waals surface area contributed by atoms with Gasteiger partial charge in [0, 0.05) is 30.6 Å². The van der Waals surface area contributed by atoms with Crippen molar-refractivity contribution in [3.05, 3.63) is 24.3 Å². The third-order valence-corrected chi connectivity index (χ3v) is 6.27. The number of amidine groups is 1. The van der Waals surface area contributed by atoms with Crippen LogP contribution in [0.5, 0.6) is 5.75 Å². The molecule has 28 heavy (non-hydrogen) atoms. The van der Waals surface area contributed by atoms with Crippen LogP contribution in [0.2, 0.25) is 0 Å². The van der Waals surface area contributed by atoms with Crippen molar-refractivity contribution in [2.45, 2.75) is 57.4 Å². The zero-order valence-corrected chi connectivity index (χ0v) is 16.7. The van der Waals surface area contributed by atoms with Crippen LogP contribution in [0.4, 0.5) is 5.69 Å². The summed E-state index contributed by atoms with van der Waals surface area (Å²) < 4.78 is 5.21. The van der Waals surface area contributed by atoms with Crippen LogP contribution in [-0.2, 0) is 9.59 Å². The van der Waals surface area contributed by atoms with Gasteiger partial charge in [-0.15, -0.1) is 0 Å². The zero-order chi connectivity index (χ0) is 19.7. The first-order valence-electron chi connectivity index (χ1n) is 10.4. The topological polar surface area (TPSA) is 71.0 Å². The maximum atomic E-state index is 13.1. The first-order valence-corrected chi connectivity index (χ1v) is 10.4. The average Bonchev–Trinajstić information content (AvgIpc) is 3.50. The third-order valence-electron chi connectivity index (χ3n) is 6.27. The summed E-state index contributed by atoms with van der Waals surface area (Å²) in [5, 5.41) is 2.99. The number of anilines is 1. The van der Waals surface area contributed by atoms with E-state index in [1.165, 1.54) is 12.8 Å². The minimum absolute atomic E-state index is 0.0167. The fraction of sp³-hybridized carbons (Fsp3) is 0.591. The molecule has 1 heterocycles. The van der Waals surface area contributed by atoms with Crippen LogP contribution in [0.3, 0.4) is 0 Å². The molecule has 0 radical (unpaired) electrons. The Morgan fingerprint density at radius 1 is 1.29 bits per heavy atom. The molecule has 3 aliphatic rings. The number of hydrogen-bond acceptors (Lipinski definition) is 4. The summed E-state index contributed by atoms with van der Waals surface area (Å²) in [5.74, 6) is 2.42. The Balaban J connectivity index is 1.39. The van der Waals surface area contributed by atoms with Crippen LogP contribution in [-0.4, -0.2) is 41.7 Å². The molecule has 6 heteroatoms. The van der Waals surface area contributed by atoms with E-state index in [0.717, 1.165) is 24.5 Å². The number of ether oxygens (including phenoxy) is 1. The predicted octanol–water partition coefficient (Wildman–Crippen LogP) is 3.62. The molecule has 0 saturated heterocycles. The van der Waals surface area contributed by atoms with Gasteiger partial charge in [0.25, 0.3) is 5.91 Å². The molecule has 1 aromatic rings. The van der Waals surface area contributed by atoms with Crippen molar-refractivity contribution in [1.29, 1.82) is 0 Å². The number of nitrogens with one attached hydrogen (secondary N) is 1. The van der Waals surface area contributed by atoms with E-state index in [1.54, 1.807) is 7.11 Å². The van der Waals surface area contributed by atoms with E-state index in [1.807, 2.05) is 29.2 Å². The molecule has 1 spiro atoms. The van der Waals surface area contributed by atoms with Gasteiger partial charge in [0.2, 0.25) is 5.91 Å². The number of nitrogens with zero attached hydrogens (tertiary/aromatic N) is 2. The molecule has 0 aromatic heterocycles. The van der Waals surface area contributed by atoms with Crippen molar-refractivity contribution in [3.63, 3.8) is 0 Å². The van der Waals surface area contributed by atoms with E-state index in [-0.39, 0.29) is 17.7 Å². The van der Waals surface area contributed by atoms with Crippen LogP contribution in [0.1, 0.15) is 51.9 Å². The number of hydrogen-bond donors (Lipinski definition) is 1. The largest absolute Gasteiger partial charge is 0.497 e. The summed E-state index contributed by atoms with van der Waals surface area (Å²) in [6.07, 6.45) is 5.94. The first-order chi connectivity index (χ1) is 13.5. The minimum Gasteiger partial charge on any atom is -0.497 e. The maximum Gasteiger partial charge on any atom is 0.255 e. The Hall–Kier alpha value is -2.37. The third kappa shape index (κ3) is 3.64. The van der Waals surface area contributed by atoms with Crippen molar-refractivity contribution in [2.24, 2.45) is 16.8 Å². The Kier molecular flexibility index (Phi) is 5.13. The Morgan fingerprint density at radius 2 is 2.04 bits per heavy atom. The molecular formula is C22H29N3O3. The molecular weight excluding hydrogens is 354 g/mol. The van der Waals surface area contributed by atoms with E-state index in [9.17, 15) is 9.59 Å². The lowest BCUT2D eigenvalue weighted by Crippen LogP contribution is -2.46. The van der Waals surface area contributed by atoms with Gasteiger partial charge < -0.3 is 10.1 Å². The van der Waals surface area contributed by atoms with Gasteiger partial charge in [-0.1, -0.05) is 13.0 Å². The van der Waals surface area contributed by atoms with E-state index in [4.69, 9.17) is 9.73 Å². The normalized spacial score (nSPS) is 27.1. The minimum atomic E-state index is -0.618. The number of methoxy groups -OCH3 is 1. The summed E-state index contributed by atoms with van der Waals surface area (Å²) in [4.78, 5) is 32.7. The number of aliphatic imine (C=N–C) groups is 1. The second kappa shape index (κ2) is 7.57. The van der Waals surface area contributed by atoms with Crippen LogP contribution >= 0.6 is 0 Å². The Morgan fingerprint density at radius 3 is 2.68 bits per heavy atom. The number of rotatable bonds is 6. The van der Waals surface area contributed by atoms with Gasteiger partial charge in [-0.2, -0.15) is 0 Å². The molecule has 150 valence electrons. The van der Waals surface area contributed by atoms with Gasteiger partial charge in [0.1, 0.15) is 17.1 Å². The van der Waals surface area contributed by atoms with Gasteiger partial charge in [0.15, 0.2) is 0 Å². The van der Waals surface area contributed by atoms with E-state index < -0.39 is 5.54 Å². The smallest absolute Gasteiger partial charge is 0.255 e. The fourth-order valence-corrected chi connectivity index (χ4v) is 4.37. The molecule has 0 bridgehead atoms. The molecule has 1 N–H and O–H groups in total. The van der Waals surface area contributed by atoms with Crippen LogP contribution in [0.25, 0.3) is 0 Å². The summed E-state index contributed by atoms with van der Waals surface area (Å²) in [7, 11) is 1.61. The van der Waals surface area contributed by atoms with Gasteiger partial charge in [-0.25, -0.2) is 0 Å². The summed E-state index contributed by atoms with van der Waals surface area (Å²) in [6.45, 7) is 2.89. The van der Waals surface area contributed by atoms with E-state index in [0.29, 0.717) is 37.4 Å². The summed E-state index contributed by atoms with van der Waals surface area (Å²) >= 11 is 0. The highest BCUT2D eigenvalue weighted by Gasteiger charge is 2.50. The van der Waals surface area contributed by atoms with Crippen molar-refractivity contribution in [2.75, 3.05) is 19.0 Å². The van der Waals surface area contributed by atoms with Gasteiger partial charge in [0.05, 0.1) is 7.11 Å². The number of carbonyl (C=O) groups excluding carboxylic acids is 2. The molecule has 4 rings (SSSR count). The van der Waals surface area contributed by atoms with Gasteiger partial charge >= 0.3 is 0 Å². The monoisotopic (exact) mass is 383 g/mol. The Labute approximate surface area is 166 Å². The molecule has 2 amide bonds. The molecule has 2 aliphatic carbocycles. The predicted molar refractivity (Wildman–Crippen MR) is 108 cm³/mol. The van der Waals surface area contributed by atoms with Crippen LogP contribution in [0.15, 0.2) is 29.3 Å². The molecule has 6 nitrogen and oxygen atoms in total. The number of amides is 2. The second-order valence-electron chi connectivity index (χ2n) is 8.27. The van der Waals surface area contributed by atoms with E-state index in [2.05, 4.69) is 12.2 Å². The lowest BCUT2D eigenvalue weighted by molar-refractivity contribution is -0.134. The highest BCUT2D eigenvalue weighted by atomic mass is 16.5. The number of carbonyl (C=O) groups is 2. The molecule has 0 unspecified atom stereocenters. The van der Waals surface area contributed by atoms with E-state index >= 15 is 0 Å². The second-order valence-corrected chi connectivity index (χ2v) is 8.27. The highest BCUT2D eigenvalue weighted by Crippen LogP contribution is 2.42. The lowest BCUT2D eigenvalue weighted by atomic mass is 9.76. The van der Waals surface area contributed by atoms with Gasteiger partial charge in [-0.05, 0) is 56.6 Å². The molecule has 2 saturated carbocycles. The van der Waals surface area contributed by atoms with Gasteiger partial charge in [-0.3, -0.25) is 19.5 Å². The molecule has 1 aromatic carbocycles. The average molecular weight is 383 g/mol. The molecule has 1 aliphatic heterocycles. The van der Waals surface area contributed by atoms with Crippen molar-refractivity contribution >= 4 is 23.3 Å². The van der Waals surface area contributed by atoms with Crippen LogP contribution < -0.4 is 10.1 Å². The van der Waals surface area contributed by atoms with Crippen LogP contribution in [0, 0.1) is 11.8 Å².